The first-order valence-electron chi connectivity index (χ1n) is 6.62. The maximum atomic E-state index is 12.2. The molecule has 1 aliphatic rings. The van der Waals surface area contributed by atoms with Gasteiger partial charge in [0.15, 0.2) is 0 Å². The number of amides is 1. The number of carbonyl (C=O) groups excluding carboxylic acids is 1. The summed E-state index contributed by atoms with van der Waals surface area (Å²) in [6, 6.07) is 11.9. The lowest BCUT2D eigenvalue weighted by Crippen LogP contribution is -2.10. The molecule has 0 saturated carbocycles. The van der Waals surface area contributed by atoms with Crippen molar-refractivity contribution in [3.8, 4) is 0 Å². The van der Waals surface area contributed by atoms with E-state index in [4.69, 9.17) is 0 Å². The summed E-state index contributed by atoms with van der Waals surface area (Å²) in [5, 5.41) is 2.98. The predicted octanol–water partition coefficient (Wildman–Crippen LogP) is 5.63. The number of thiophene rings is 1. The Labute approximate surface area is 145 Å². The highest BCUT2D eigenvalue weighted by atomic mass is 79.9. The first-order chi connectivity index (χ1) is 10.2. The summed E-state index contributed by atoms with van der Waals surface area (Å²) >= 11 is 8.81. The Kier molecular flexibility index (Phi) is 5.32. The predicted molar refractivity (Wildman–Crippen MR) is 98.7 cm³/mol. The van der Waals surface area contributed by atoms with Crippen LogP contribution in [-0.4, -0.2) is 17.4 Å². The highest BCUT2D eigenvalue weighted by molar-refractivity contribution is 9.11. The quantitative estimate of drug-likeness (QED) is 0.724. The van der Waals surface area contributed by atoms with Crippen LogP contribution in [0.1, 0.15) is 26.2 Å². The van der Waals surface area contributed by atoms with Crippen molar-refractivity contribution in [2.24, 2.45) is 0 Å². The number of hydrogen-bond donors (Lipinski definition) is 1. The summed E-state index contributed by atoms with van der Waals surface area (Å²) in [5.74, 6) is 2.39. The highest BCUT2D eigenvalue weighted by Crippen LogP contribution is 2.44. The van der Waals surface area contributed by atoms with Crippen LogP contribution < -0.4 is 5.32 Å². The molecule has 21 heavy (non-hydrogen) atoms. The fraction of sp³-hybridized carbons (Fsp3) is 0.267. The molecule has 0 unspecified atom stereocenters. The zero-order valence-electron chi connectivity index (χ0n) is 11.2. The topological polar surface area (TPSA) is 29.1 Å². The van der Waals surface area contributed by atoms with Crippen LogP contribution in [0.5, 0.6) is 0 Å². The van der Waals surface area contributed by atoms with E-state index in [1.165, 1.54) is 34.8 Å². The Bertz CT molecular complexity index is 637. The number of halogens is 1. The molecule has 2 aromatic rings. The lowest BCUT2D eigenvalue weighted by Gasteiger charge is -2.21. The van der Waals surface area contributed by atoms with Gasteiger partial charge in [-0.15, -0.1) is 34.9 Å². The van der Waals surface area contributed by atoms with Crippen LogP contribution in [0.15, 0.2) is 40.2 Å². The molecule has 1 fully saturated rings. The van der Waals surface area contributed by atoms with Crippen LogP contribution in [-0.2, 0) is 0 Å². The van der Waals surface area contributed by atoms with E-state index in [-0.39, 0.29) is 5.91 Å². The standard InChI is InChI=1S/C15H14BrNOS3/c16-13-6-5-12(21-13)14(18)17-11-4-1-3-10(9-11)15-19-7-2-8-20-15/h1,3-6,9,15H,2,7-8H2,(H,17,18). The van der Waals surface area contributed by atoms with Crippen molar-refractivity contribution in [2.75, 3.05) is 16.8 Å². The van der Waals surface area contributed by atoms with Crippen LogP contribution in [0.3, 0.4) is 0 Å². The average Bonchev–Trinajstić information content (AvgIpc) is 2.95. The van der Waals surface area contributed by atoms with Crippen molar-refractivity contribution in [1.82, 2.24) is 0 Å². The molecule has 2 nitrogen and oxygen atoms in total. The Morgan fingerprint density at radius 3 is 2.71 bits per heavy atom. The fourth-order valence-corrected chi connectivity index (χ4v) is 6.23. The molecule has 1 N–H and O–H groups in total. The first-order valence-corrected chi connectivity index (χ1v) is 10.3. The van der Waals surface area contributed by atoms with Gasteiger partial charge in [-0.05, 0) is 63.7 Å². The van der Waals surface area contributed by atoms with Gasteiger partial charge in [0.05, 0.1) is 13.2 Å². The maximum absolute atomic E-state index is 12.2. The summed E-state index contributed by atoms with van der Waals surface area (Å²) in [6.45, 7) is 0. The second kappa shape index (κ2) is 7.22. The van der Waals surface area contributed by atoms with E-state index in [0.29, 0.717) is 9.46 Å². The van der Waals surface area contributed by atoms with Crippen LogP contribution in [0.2, 0.25) is 0 Å². The second-order valence-electron chi connectivity index (χ2n) is 4.61. The minimum Gasteiger partial charge on any atom is -0.321 e. The number of carbonyl (C=O) groups is 1. The van der Waals surface area contributed by atoms with E-state index in [2.05, 4.69) is 33.4 Å². The molecule has 3 rings (SSSR count). The van der Waals surface area contributed by atoms with E-state index in [1.54, 1.807) is 0 Å². The zero-order valence-corrected chi connectivity index (χ0v) is 15.2. The van der Waals surface area contributed by atoms with E-state index < -0.39 is 0 Å². The molecule has 1 aromatic carbocycles. The number of benzene rings is 1. The van der Waals surface area contributed by atoms with Crippen molar-refractivity contribution in [1.29, 1.82) is 0 Å². The number of nitrogens with one attached hydrogen (secondary N) is 1. The van der Waals surface area contributed by atoms with E-state index >= 15 is 0 Å². The Balaban J connectivity index is 1.72. The van der Waals surface area contributed by atoms with Gasteiger partial charge in [-0.25, -0.2) is 0 Å². The first kappa shape index (κ1) is 15.5. The molecule has 0 atom stereocenters. The minimum atomic E-state index is -0.0493. The molecular weight excluding hydrogens is 386 g/mol. The molecule has 1 amide bonds. The third kappa shape index (κ3) is 4.06. The number of rotatable bonds is 3. The van der Waals surface area contributed by atoms with Crippen LogP contribution >= 0.6 is 50.8 Å². The molecule has 1 saturated heterocycles. The summed E-state index contributed by atoms with van der Waals surface area (Å²) in [5.41, 5.74) is 2.16. The highest BCUT2D eigenvalue weighted by Gasteiger charge is 2.17. The van der Waals surface area contributed by atoms with Crippen molar-refractivity contribution < 1.29 is 4.79 Å². The zero-order chi connectivity index (χ0) is 14.7. The average molecular weight is 400 g/mol. The van der Waals surface area contributed by atoms with Gasteiger partial charge in [0, 0.05) is 5.69 Å². The number of hydrogen-bond acceptors (Lipinski definition) is 4. The van der Waals surface area contributed by atoms with E-state index in [9.17, 15) is 4.79 Å². The van der Waals surface area contributed by atoms with Gasteiger partial charge in [0.2, 0.25) is 0 Å². The van der Waals surface area contributed by atoms with Crippen molar-refractivity contribution in [2.45, 2.75) is 11.0 Å². The Morgan fingerprint density at radius 2 is 2.00 bits per heavy atom. The lowest BCUT2D eigenvalue weighted by atomic mass is 10.2. The monoisotopic (exact) mass is 399 g/mol. The fourth-order valence-electron chi connectivity index (χ4n) is 2.07. The van der Waals surface area contributed by atoms with Gasteiger partial charge < -0.3 is 5.32 Å². The van der Waals surface area contributed by atoms with Gasteiger partial charge in [0.25, 0.3) is 5.91 Å². The van der Waals surface area contributed by atoms with Crippen LogP contribution in [0, 0.1) is 0 Å². The summed E-state index contributed by atoms with van der Waals surface area (Å²) in [6.07, 6.45) is 1.29. The Morgan fingerprint density at radius 1 is 1.19 bits per heavy atom. The normalized spacial score (nSPS) is 15.9. The smallest absolute Gasteiger partial charge is 0.265 e. The molecular formula is C15H14BrNOS3. The third-order valence-electron chi connectivity index (χ3n) is 3.04. The van der Waals surface area contributed by atoms with E-state index in [0.717, 1.165) is 9.47 Å². The van der Waals surface area contributed by atoms with Crippen LogP contribution in [0.4, 0.5) is 5.69 Å². The van der Waals surface area contributed by atoms with Crippen molar-refractivity contribution >= 4 is 62.4 Å². The SMILES string of the molecule is O=C(Nc1cccc(C2SCCCS2)c1)c1ccc(Br)s1. The third-order valence-corrected chi connectivity index (χ3v) is 7.68. The molecule has 0 radical (unpaired) electrons. The number of anilines is 1. The molecule has 0 spiro atoms. The molecule has 2 heterocycles. The molecule has 1 aliphatic heterocycles. The molecule has 6 heteroatoms. The summed E-state index contributed by atoms with van der Waals surface area (Å²) in [7, 11) is 0. The maximum Gasteiger partial charge on any atom is 0.265 e. The van der Waals surface area contributed by atoms with Gasteiger partial charge in [-0.1, -0.05) is 12.1 Å². The molecule has 1 aromatic heterocycles. The van der Waals surface area contributed by atoms with Gasteiger partial charge in [-0.2, -0.15) is 0 Å². The van der Waals surface area contributed by atoms with E-state index in [1.807, 2.05) is 47.8 Å². The summed E-state index contributed by atoms with van der Waals surface area (Å²) < 4.78 is 1.46. The Hall–Kier alpha value is -0.430. The largest absolute Gasteiger partial charge is 0.321 e. The molecule has 110 valence electrons. The van der Waals surface area contributed by atoms with Crippen molar-refractivity contribution in [3.63, 3.8) is 0 Å². The van der Waals surface area contributed by atoms with Gasteiger partial charge in [0.1, 0.15) is 0 Å². The molecule has 0 aliphatic carbocycles. The molecule has 0 bridgehead atoms. The van der Waals surface area contributed by atoms with Crippen LogP contribution in [0.25, 0.3) is 0 Å². The second-order valence-corrected chi connectivity index (χ2v) is 9.80. The lowest BCUT2D eigenvalue weighted by molar-refractivity contribution is 0.103. The minimum absolute atomic E-state index is 0.0493. The van der Waals surface area contributed by atoms with Crippen molar-refractivity contribution in [3.05, 3.63) is 50.6 Å². The summed E-state index contributed by atoms with van der Waals surface area (Å²) in [4.78, 5) is 12.9. The van der Waals surface area contributed by atoms with Gasteiger partial charge in [-0.3, -0.25) is 4.79 Å². The number of thioether (sulfide) groups is 2. The van der Waals surface area contributed by atoms with Gasteiger partial charge >= 0.3 is 0 Å².